The van der Waals surface area contributed by atoms with Gasteiger partial charge in [-0.3, -0.25) is 14.4 Å². The van der Waals surface area contributed by atoms with Crippen LogP contribution in [-0.2, 0) is 14.4 Å². The van der Waals surface area contributed by atoms with Gasteiger partial charge in [0.25, 0.3) is 0 Å². The van der Waals surface area contributed by atoms with Crippen molar-refractivity contribution in [2.75, 3.05) is 0 Å². The SMILES string of the molecule is CC(C)(C)C1CCC(C(=O)NC2=C(NC(=O)C3CCC(C(C)(C)C)CC3)C2NC(=O)C2CCC(C(C)(C)C)CC2)CC1. The Labute approximate surface area is 256 Å². The second kappa shape index (κ2) is 12.6. The molecule has 4 rings (SSSR count). The number of carbonyl (C=O) groups is 3. The Hall–Kier alpha value is -1.85. The van der Waals surface area contributed by atoms with Crippen molar-refractivity contribution in [3.8, 4) is 0 Å². The molecule has 6 nitrogen and oxygen atoms in total. The van der Waals surface area contributed by atoms with Gasteiger partial charge in [0, 0.05) is 17.8 Å². The summed E-state index contributed by atoms with van der Waals surface area (Å²) < 4.78 is 0. The first-order valence-electron chi connectivity index (χ1n) is 17.1. The van der Waals surface area contributed by atoms with Gasteiger partial charge in [0.2, 0.25) is 17.7 Å². The molecule has 3 fully saturated rings. The molecule has 42 heavy (non-hydrogen) atoms. The highest BCUT2D eigenvalue weighted by Crippen LogP contribution is 2.43. The fourth-order valence-corrected chi connectivity index (χ4v) is 8.04. The van der Waals surface area contributed by atoms with E-state index in [1.54, 1.807) is 0 Å². The van der Waals surface area contributed by atoms with Crippen molar-refractivity contribution in [1.29, 1.82) is 0 Å². The van der Waals surface area contributed by atoms with Crippen LogP contribution in [0.2, 0.25) is 0 Å². The predicted octanol–water partition coefficient (Wildman–Crippen LogP) is 7.49. The van der Waals surface area contributed by atoms with Gasteiger partial charge in [-0.15, -0.1) is 0 Å². The monoisotopic (exact) mass is 583 g/mol. The molecule has 0 radical (unpaired) electrons. The zero-order valence-electron chi connectivity index (χ0n) is 28.3. The van der Waals surface area contributed by atoms with Crippen LogP contribution in [0.4, 0.5) is 0 Å². The third-order valence-corrected chi connectivity index (χ3v) is 11.6. The number of nitrogens with one attached hydrogen (secondary N) is 3. The summed E-state index contributed by atoms with van der Waals surface area (Å²) >= 11 is 0. The summed E-state index contributed by atoms with van der Waals surface area (Å²) in [5.74, 6) is 2.05. The smallest absolute Gasteiger partial charge is 0.227 e. The normalized spacial score (nSPS) is 32.6. The summed E-state index contributed by atoms with van der Waals surface area (Å²) in [6, 6.07) is -0.387. The van der Waals surface area contributed by atoms with E-state index in [4.69, 9.17) is 0 Å². The third kappa shape index (κ3) is 8.20. The molecule has 3 amide bonds. The summed E-state index contributed by atoms with van der Waals surface area (Å²) in [4.78, 5) is 40.1. The molecular formula is C36H61N3O3. The maximum atomic E-state index is 13.4. The van der Waals surface area contributed by atoms with Crippen molar-refractivity contribution in [1.82, 2.24) is 16.0 Å². The molecule has 0 heterocycles. The molecule has 0 spiro atoms. The Kier molecular flexibility index (Phi) is 9.94. The number of hydrogen-bond acceptors (Lipinski definition) is 3. The van der Waals surface area contributed by atoms with Crippen LogP contribution < -0.4 is 16.0 Å². The van der Waals surface area contributed by atoms with Crippen molar-refractivity contribution in [3.05, 3.63) is 11.4 Å². The molecule has 0 unspecified atom stereocenters. The summed E-state index contributed by atoms with van der Waals surface area (Å²) in [6.07, 6.45) is 11.8. The molecule has 238 valence electrons. The second-order valence-electron chi connectivity index (χ2n) is 17.5. The van der Waals surface area contributed by atoms with E-state index in [1.807, 2.05) is 0 Å². The lowest BCUT2D eigenvalue weighted by atomic mass is 9.69. The van der Waals surface area contributed by atoms with Crippen LogP contribution in [0.5, 0.6) is 0 Å². The fourth-order valence-electron chi connectivity index (χ4n) is 8.04. The Balaban J connectivity index is 1.37. The van der Waals surface area contributed by atoms with Crippen molar-refractivity contribution >= 4 is 17.7 Å². The van der Waals surface area contributed by atoms with E-state index in [0.717, 1.165) is 77.0 Å². The van der Waals surface area contributed by atoms with Gasteiger partial charge < -0.3 is 16.0 Å². The Bertz CT molecular complexity index is 959. The molecule has 0 aliphatic heterocycles. The molecule has 3 saturated carbocycles. The average Bonchev–Trinajstić information content (AvgIpc) is 3.55. The predicted molar refractivity (Wildman–Crippen MR) is 170 cm³/mol. The van der Waals surface area contributed by atoms with Crippen molar-refractivity contribution < 1.29 is 14.4 Å². The number of amides is 3. The van der Waals surface area contributed by atoms with Crippen molar-refractivity contribution in [2.45, 2.75) is 145 Å². The van der Waals surface area contributed by atoms with Gasteiger partial charge in [-0.1, -0.05) is 62.3 Å². The number of rotatable bonds is 6. The van der Waals surface area contributed by atoms with Crippen LogP contribution in [0, 0.1) is 51.8 Å². The van der Waals surface area contributed by atoms with Gasteiger partial charge in [-0.25, -0.2) is 0 Å². The molecule has 0 aromatic rings. The maximum Gasteiger partial charge on any atom is 0.227 e. The van der Waals surface area contributed by atoms with E-state index in [-0.39, 0.29) is 57.8 Å². The molecule has 0 atom stereocenters. The van der Waals surface area contributed by atoms with Crippen LogP contribution >= 0.6 is 0 Å². The fraction of sp³-hybridized carbons (Fsp3) is 0.861. The molecule has 3 N–H and O–H groups in total. The lowest BCUT2D eigenvalue weighted by molar-refractivity contribution is -0.128. The van der Waals surface area contributed by atoms with Crippen LogP contribution in [0.25, 0.3) is 0 Å². The Morgan fingerprint density at radius 2 is 0.714 bits per heavy atom. The molecule has 0 aromatic carbocycles. The minimum atomic E-state index is -0.387. The Morgan fingerprint density at radius 3 is 0.976 bits per heavy atom. The summed E-state index contributed by atoms with van der Waals surface area (Å²) in [5, 5.41) is 9.52. The van der Waals surface area contributed by atoms with E-state index < -0.39 is 0 Å². The van der Waals surface area contributed by atoms with Crippen LogP contribution in [0.3, 0.4) is 0 Å². The van der Waals surface area contributed by atoms with Gasteiger partial charge in [0.15, 0.2) is 0 Å². The largest absolute Gasteiger partial charge is 0.342 e. The third-order valence-electron chi connectivity index (χ3n) is 11.6. The second-order valence-corrected chi connectivity index (χ2v) is 17.5. The number of hydrogen-bond donors (Lipinski definition) is 3. The summed E-state index contributed by atoms with van der Waals surface area (Å²) in [5.41, 5.74) is 2.21. The van der Waals surface area contributed by atoms with E-state index in [0.29, 0.717) is 29.1 Å². The zero-order valence-corrected chi connectivity index (χ0v) is 28.3. The maximum absolute atomic E-state index is 13.4. The topological polar surface area (TPSA) is 87.3 Å². The van der Waals surface area contributed by atoms with E-state index in [2.05, 4.69) is 78.3 Å². The quantitative estimate of drug-likeness (QED) is 0.303. The first kappa shape index (κ1) is 33.1. The molecule has 0 bridgehead atoms. The molecule has 6 heteroatoms. The van der Waals surface area contributed by atoms with Crippen molar-refractivity contribution in [2.24, 2.45) is 51.8 Å². The molecule has 0 saturated heterocycles. The average molecular weight is 584 g/mol. The Morgan fingerprint density at radius 1 is 0.452 bits per heavy atom. The number of carbonyl (C=O) groups excluding carboxylic acids is 3. The molecule has 4 aliphatic rings. The zero-order chi connectivity index (χ0) is 31.0. The summed E-state index contributed by atoms with van der Waals surface area (Å²) in [7, 11) is 0. The molecule has 0 aromatic heterocycles. The van der Waals surface area contributed by atoms with Gasteiger partial charge in [-0.2, -0.15) is 0 Å². The van der Waals surface area contributed by atoms with Crippen LogP contribution in [-0.4, -0.2) is 23.8 Å². The first-order chi connectivity index (χ1) is 19.4. The van der Waals surface area contributed by atoms with E-state index >= 15 is 0 Å². The lowest BCUT2D eigenvalue weighted by Crippen LogP contribution is -2.41. The van der Waals surface area contributed by atoms with Crippen LogP contribution in [0.1, 0.15) is 139 Å². The molecule has 4 aliphatic carbocycles. The standard InChI is InChI=1S/C36H61N3O3/c1-34(2,3)25-16-10-22(11-17-25)31(40)37-28-29(38-32(41)23-12-18-26(19-13-23)35(4,5)6)30(28)39-33(42)24-14-20-27(21-15-24)36(7,8)9/h22-28H,10-21H2,1-9H3,(H,37,40)(H,38,41)(H,39,42). The van der Waals surface area contributed by atoms with E-state index in [9.17, 15) is 14.4 Å². The lowest BCUT2D eigenvalue weighted by Gasteiger charge is -2.36. The minimum Gasteiger partial charge on any atom is -0.342 e. The van der Waals surface area contributed by atoms with Gasteiger partial charge in [-0.05, 0) is 111 Å². The highest BCUT2D eigenvalue weighted by molar-refractivity contribution is 5.88. The minimum absolute atomic E-state index is 0.00143. The van der Waals surface area contributed by atoms with Gasteiger partial charge >= 0.3 is 0 Å². The van der Waals surface area contributed by atoms with Gasteiger partial charge in [0.05, 0.1) is 11.4 Å². The van der Waals surface area contributed by atoms with Gasteiger partial charge in [0.1, 0.15) is 6.04 Å². The highest BCUT2D eigenvalue weighted by atomic mass is 16.2. The van der Waals surface area contributed by atoms with E-state index in [1.165, 1.54) is 0 Å². The highest BCUT2D eigenvalue weighted by Gasteiger charge is 2.44. The first-order valence-corrected chi connectivity index (χ1v) is 17.1. The van der Waals surface area contributed by atoms with Crippen molar-refractivity contribution in [3.63, 3.8) is 0 Å². The van der Waals surface area contributed by atoms with Crippen LogP contribution in [0.15, 0.2) is 11.4 Å². The molecular weight excluding hydrogens is 522 g/mol. The summed E-state index contributed by atoms with van der Waals surface area (Å²) in [6.45, 7) is 20.6.